The van der Waals surface area contributed by atoms with Crippen molar-refractivity contribution in [2.45, 2.75) is 51.4 Å². The minimum absolute atomic E-state index is 0.121. The molecule has 0 saturated heterocycles. The van der Waals surface area contributed by atoms with Crippen LogP contribution in [-0.4, -0.2) is 37.8 Å². The number of hydrogen-bond acceptors (Lipinski definition) is 7. The molecule has 1 fully saturated rings. The van der Waals surface area contributed by atoms with Crippen molar-refractivity contribution in [3.63, 3.8) is 0 Å². The first kappa shape index (κ1) is 14.8. The van der Waals surface area contributed by atoms with Crippen molar-refractivity contribution in [3.8, 4) is 12.0 Å². The lowest BCUT2D eigenvalue weighted by Crippen LogP contribution is -2.21. The minimum atomic E-state index is -0.850. The summed E-state index contributed by atoms with van der Waals surface area (Å²) in [5.74, 6) is 0.216. The molecule has 22 heavy (non-hydrogen) atoms. The molecule has 1 aliphatic carbocycles. The highest BCUT2D eigenvalue weighted by Crippen LogP contribution is 2.29. The number of ether oxygens (including phenoxy) is 2. The molecule has 8 heteroatoms. The fraction of sp³-hybridized carbons (Fsp3) is 0.643. The number of hydrogen-bond donors (Lipinski definition) is 2. The Morgan fingerprint density at radius 1 is 1.23 bits per heavy atom. The summed E-state index contributed by atoms with van der Waals surface area (Å²) in [6, 6.07) is 0.460. The molecule has 0 bridgehead atoms. The van der Waals surface area contributed by atoms with Crippen LogP contribution in [0.5, 0.6) is 12.0 Å². The van der Waals surface area contributed by atoms with Crippen LogP contribution in [0.25, 0.3) is 11.2 Å². The number of aromatic nitrogens is 4. The summed E-state index contributed by atoms with van der Waals surface area (Å²) in [5.41, 5.74) is 6.76. The fourth-order valence-corrected chi connectivity index (χ4v) is 2.82. The molecule has 0 spiro atoms. The first-order chi connectivity index (χ1) is 10.6. The third-order valence-electron chi connectivity index (χ3n) is 3.89. The van der Waals surface area contributed by atoms with Gasteiger partial charge in [-0.15, -0.1) is 0 Å². The van der Waals surface area contributed by atoms with Gasteiger partial charge in [0.15, 0.2) is 17.0 Å². The SMILES string of the molecule is COc1nc2c(N)nc(OC3CCCCC3)nc2n1C(C)O. The van der Waals surface area contributed by atoms with Gasteiger partial charge in [0.05, 0.1) is 7.11 Å². The highest BCUT2D eigenvalue weighted by molar-refractivity contribution is 5.83. The monoisotopic (exact) mass is 307 g/mol. The number of aliphatic hydroxyl groups excluding tert-OH is 1. The maximum atomic E-state index is 9.93. The van der Waals surface area contributed by atoms with Crippen molar-refractivity contribution in [3.05, 3.63) is 0 Å². The zero-order valence-electron chi connectivity index (χ0n) is 12.8. The molecule has 0 radical (unpaired) electrons. The Balaban J connectivity index is 2.00. The van der Waals surface area contributed by atoms with E-state index in [0.29, 0.717) is 11.2 Å². The topological polar surface area (TPSA) is 108 Å². The standard InChI is InChI=1S/C14H21N5O3/c1-8(20)19-12-10(16-14(19)21-2)11(15)17-13(18-12)22-9-6-4-3-5-7-9/h8-9,20H,3-7H2,1-2H3,(H2,15,17,18). The van der Waals surface area contributed by atoms with Gasteiger partial charge in [-0.3, -0.25) is 4.57 Å². The van der Waals surface area contributed by atoms with Gasteiger partial charge in [-0.05, 0) is 32.6 Å². The average Bonchev–Trinajstić information content (AvgIpc) is 2.87. The van der Waals surface area contributed by atoms with Gasteiger partial charge in [-0.2, -0.15) is 15.0 Å². The highest BCUT2D eigenvalue weighted by atomic mass is 16.5. The maximum Gasteiger partial charge on any atom is 0.320 e. The van der Waals surface area contributed by atoms with Gasteiger partial charge in [0, 0.05) is 0 Å². The van der Waals surface area contributed by atoms with Crippen LogP contribution in [0.15, 0.2) is 0 Å². The van der Waals surface area contributed by atoms with E-state index in [1.54, 1.807) is 6.92 Å². The predicted octanol–water partition coefficient (Wildman–Crippen LogP) is 1.64. The van der Waals surface area contributed by atoms with E-state index in [-0.39, 0.29) is 23.9 Å². The number of fused-ring (bicyclic) bond motifs is 1. The average molecular weight is 307 g/mol. The second kappa shape index (κ2) is 5.96. The lowest BCUT2D eigenvalue weighted by molar-refractivity contribution is 0.116. The first-order valence-corrected chi connectivity index (χ1v) is 7.54. The summed E-state index contributed by atoms with van der Waals surface area (Å²) in [6.45, 7) is 1.60. The van der Waals surface area contributed by atoms with Gasteiger partial charge in [0.1, 0.15) is 12.3 Å². The molecule has 2 heterocycles. The van der Waals surface area contributed by atoms with Crippen LogP contribution in [0, 0.1) is 0 Å². The van der Waals surface area contributed by atoms with E-state index in [0.717, 1.165) is 25.7 Å². The number of nitrogen functional groups attached to an aromatic ring is 1. The molecule has 1 saturated carbocycles. The van der Waals surface area contributed by atoms with Crippen LogP contribution in [0.4, 0.5) is 5.82 Å². The number of nitrogens with zero attached hydrogens (tertiary/aromatic N) is 4. The summed E-state index contributed by atoms with van der Waals surface area (Å²) in [4.78, 5) is 12.8. The number of rotatable bonds is 4. The molecule has 3 rings (SSSR count). The molecule has 1 unspecified atom stereocenters. The fourth-order valence-electron chi connectivity index (χ4n) is 2.82. The number of nitrogens with two attached hydrogens (primary N) is 1. The summed E-state index contributed by atoms with van der Waals surface area (Å²) in [6.07, 6.45) is 4.82. The predicted molar refractivity (Wildman–Crippen MR) is 80.7 cm³/mol. The van der Waals surface area contributed by atoms with Gasteiger partial charge in [-0.1, -0.05) is 6.42 Å². The van der Waals surface area contributed by atoms with Crippen molar-refractivity contribution in [2.75, 3.05) is 12.8 Å². The molecule has 3 N–H and O–H groups in total. The van der Waals surface area contributed by atoms with E-state index in [1.807, 2.05) is 0 Å². The molecule has 2 aromatic heterocycles. The summed E-state index contributed by atoms with van der Waals surface area (Å²) < 4.78 is 12.5. The van der Waals surface area contributed by atoms with Crippen LogP contribution in [0.1, 0.15) is 45.3 Å². The van der Waals surface area contributed by atoms with Gasteiger partial charge < -0.3 is 20.3 Å². The van der Waals surface area contributed by atoms with E-state index in [2.05, 4.69) is 15.0 Å². The van der Waals surface area contributed by atoms with E-state index in [1.165, 1.54) is 18.1 Å². The lowest BCUT2D eigenvalue weighted by Gasteiger charge is -2.21. The summed E-state index contributed by atoms with van der Waals surface area (Å²) in [7, 11) is 1.48. The smallest absolute Gasteiger partial charge is 0.320 e. The third kappa shape index (κ3) is 2.66. The van der Waals surface area contributed by atoms with Crippen molar-refractivity contribution in [2.24, 2.45) is 0 Å². The van der Waals surface area contributed by atoms with Crippen LogP contribution in [0.3, 0.4) is 0 Å². The Labute approximate surface area is 128 Å². The molecular weight excluding hydrogens is 286 g/mol. The molecule has 0 amide bonds. The molecule has 0 aromatic carbocycles. The van der Waals surface area contributed by atoms with Crippen LogP contribution < -0.4 is 15.2 Å². The minimum Gasteiger partial charge on any atom is -0.468 e. The number of methoxy groups -OCH3 is 1. The van der Waals surface area contributed by atoms with Gasteiger partial charge >= 0.3 is 12.0 Å². The third-order valence-corrected chi connectivity index (χ3v) is 3.89. The Bertz CT molecular complexity index is 664. The van der Waals surface area contributed by atoms with Crippen LogP contribution in [0.2, 0.25) is 0 Å². The Morgan fingerprint density at radius 2 is 1.95 bits per heavy atom. The molecule has 1 atom stereocenters. The Morgan fingerprint density at radius 3 is 2.59 bits per heavy atom. The second-order valence-corrected chi connectivity index (χ2v) is 5.54. The molecule has 2 aromatic rings. The zero-order valence-corrected chi connectivity index (χ0v) is 12.8. The highest BCUT2D eigenvalue weighted by Gasteiger charge is 2.22. The Kier molecular flexibility index (Phi) is 4.02. The van der Waals surface area contributed by atoms with Gasteiger partial charge in [0.25, 0.3) is 0 Å². The Hall–Kier alpha value is -2.09. The second-order valence-electron chi connectivity index (χ2n) is 5.54. The number of imidazole rings is 1. The molecular formula is C14H21N5O3. The van der Waals surface area contributed by atoms with Crippen molar-refractivity contribution >= 4 is 17.0 Å². The van der Waals surface area contributed by atoms with Crippen molar-refractivity contribution < 1.29 is 14.6 Å². The maximum absolute atomic E-state index is 9.93. The molecule has 120 valence electrons. The van der Waals surface area contributed by atoms with Crippen LogP contribution >= 0.6 is 0 Å². The molecule has 8 nitrogen and oxygen atoms in total. The quantitative estimate of drug-likeness (QED) is 0.883. The van der Waals surface area contributed by atoms with E-state index in [9.17, 15) is 5.11 Å². The van der Waals surface area contributed by atoms with Crippen molar-refractivity contribution in [1.82, 2.24) is 19.5 Å². The largest absolute Gasteiger partial charge is 0.468 e. The van der Waals surface area contributed by atoms with Gasteiger partial charge in [-0.25, -0.2) is 0 Å². The number of aliphatic hydroxyl groups is 1. The summed E-state index contributed by atoms with van der Waals surface area (Å²) >= 11 is 0. The van der Waals surface area contributed by atoms with E-state index in [4.69, 9.17) is 15.2 Å². The molecule has 1 aliphatic rings. The summed E-state index contributed by atoms with van der Waals surface area (Å²) in [5, 5.41) is 9.93. The van der Waals surface area contributed by atoms with Gasteiger partial charge in [0.2, 0.25) is 0 Å². The zero-order chi connectivity index (χ0) is 15.7. The van der Waals surface area contributed by atoms with E-state index < -0.39 is 6.23 Å². The first-order valence-electron chi connectivity index (χ1n) is 7.54. The molecule has 0 aliphatic heterocycles. The lowest BCUT2D eigenvalue weighted by atomic mass is 9.98. The van der Waals surface area contributed by atoms with Crippen LogP contribution in [-0.2, 0) is 0 Å². The normalized spacial score (nSPS) is 17.6. The number of anilines is 1. The van der Waals surface area contributed by atoms with E-state index >= 15 is 0 Å². The van der Waals surface area contributed by atoms with Crippen molar-refractivity contribution in [1.29, 1.82) is 0 Å².